The van der Waals surface area contributed by atoms with Crippen LogP contribution in [0.4, 0.5) is 0 Å². The molecule has 0 unspecified atom stereocenters. The van der Waals surface area contributed by atoms with Gasteiger partial charge in [-0.3, -0.25) is 9.36 Å². The van der Waals surface area contributed by atoms with E-state index in [0.717, 1.165) is 5.52 Å². The van der Waals surface area contributed by atoms with Crippen LogP contribution in [0.1, 0.15) is 37.2 Å². The largest absolute Gasteiger partial charge is 0.420 e. The summed E-state index contributed by atoms with van der Waals surface area (Å²) < 4.78 is 6.68. The van der Waals surface area contributed by atoms with E-state index in [9.17, 15) is 9.59 Å². The second-order valence-corrected chi connectivity index (χ2v) is 4.07. The fourth-order valence-corrected chi connectivity index (χ4v) is 1.74. The van der Waals surface area contributed by atoms with Gasteiger partial charge in [0.25, 0.3) is 0 Å². The third-order valence-electron chi connectivity index (χ3n) is 2.54. The first kappa shape index (κ1) is 10.7. The molecule has 84 valence electrons. The van der Waals surface area contributed by atoms with Gasteiger partial charge in [0, 0.05) is 11.6 Å². The van der Waals surface area contributed by atoms with Crippen LogP contribution in [0.25, 0.3) is 11.1 Å². The minimum atomic E-state index is -0.384. The van der Waals surface area contributed by atoms with Crippen molar-refractivity contribution in [3.63, 3.8) is 0 Å². The van der Waals surface area contributed by atoms with Crippen molar-refractivity contribution in [1.29, 1.82) is 0 Å². The highest BCUT2D eigenvalue weighted by Gasteiger charge is 2.12. The van der Waals surface area contributed by atoms with E-state index >= 15 is 0 Å². The predicted octanol–water partition coefficient (Wildman–Crippen LogP) is 2.38. The van der Waals surface area contributed by atoms with Crippen LogP contribution in [0.2, 0.25) is 0 Å². The minimum absolute atomic E-state index is 0.0388. The molecule has 1 aromatic heterocycles. The molecule has 1 heterocycles. The van der Waals surface area contributed by atoms with Crippen molar-refractivity contribution in [2.45, 2.75) is 26.8 Å². The van der Waals surface area contributed by atoms with Crippen LogP contribution in [-0.4, -0.2) is 10.4 Å². The summed E-state index contributed by atoms with van der Waals surface area (Å²) in [6.07, 6.45) is 0. The molecule has 0 radical (unpaired) electrons. The number of benzene rings is 1. The number of hydrogen-bond donors (Lipinski definition) is 0. The molecule has 16 heavy (non-hydrogen) atoms. The van der Waals surface area contributed by atoms with E-state index in [4.69, 9.17) is 4.42 Å². The number of Topliss-reactive ketones (excluding diaryl/α,β-unsaturated/α-hetero) is 1. The van der Waals surface area contributed by atoms with E-state index in [1.807, 2.05) is 13.8 Å². The molecule has 0 bridgehead atoms. The van der Waals surface area contributed by atoms with Crippen molar-refractivity contribution >= 4 is 16.9 Å². The Morgan fingerprint density at radius 1 is 1.38 bits per heavy atom. The van der Waals surface area contributed by atoms with E-state index in [1.54, 1.807) is 22.8 Å². The van der Waals surface area contributed by atoms with E-state index in [2.05, 4.69) is 0 Å². The van der Waals surface area contributed by atoms with Gasteiger partial charge in [-0.25, -0.2) is 4.79 Å². The maximum absolute atomic E-state index is 11.6. The molecule has 2 rings (SSSR count). The topological polar surface area (TPSA) is 52.2 Å². The molecule has 4 heteroatoms. The zero-order valence-electron chi connectivity index (χ0n) is 9.48. The summed E-state index contributed by atoms with van der Waals surface area (Å²) in [6, 6.07) is 5.10. The lowest BCUT2D eigenvalue weighted by molar-refractivity contribution is 0.101. The summed E-state index contributed by atoms with van der Waals surface area (Å²) in [4.78, 5) is 22.8. The lowest BCUT2D eigenvalue weighted by Crippen LogP contribution is -2.15. The highest BCUT2D eigenvalue weighted by Crippen LogP contribution is 2.18. The molecule has 0 saturated heterocycles. The molecule has 0 fully saturated rings. The molecule has 0 aliphatic heterocycles. The molecule has 0 atom stereocenters. The Bertz CT molecular complexity index is 604. The van der Waals surface area contributed by atoms with Crippen LogP contribution in [0.5, 0.6) is 0 Å². The monoisotopic (exact) mass is 219 g/mol. The minimum Gasteiger partial charge on any atom is -0.408 e. The molecule has 0 spiro atoms. The fourth-order valence-electron chi connectivity index (χ4n) is 1.74. The molecule has 2 aromatic rings. The third-order valence-corrected chi connectivity index (χ3v) is 2.54. The van der Waals surface area contributed by atoms with Gasteiger partial charge in [0.2, 0.25) is 0 Å². The van der Waals surface area contributed by atoms with E-state index in [0.29, 0.717) is 11.1 Å². The van der Waals surface area contributed by atoms with Crippen molar-refractivity contribution in [2.24, 2.45) is 0 Å². The summed E-state index contributed by atoms with van der Waals surface area (Å²) in [7, 11) is 0. The van der Waals surface area contributed by atoms with Crippen molar-refractivity contribution < 1.29 is 9.21 Å². The molecule has 0 aliphatic carbocycles. The molecular formula is C12H13NO3. The van der Waals surface area contributed by atoms with Gasteiger partial charge in [0.05, 0.1) is 5.52 Å². The summed E-state index contributed by atoms with van der Waals surface area (Å²) in [5.41, 5.74) is 1.74. The van der Waals surface area contributed by atoms with Crippen LogP contribution in [-0.2, 0) is 0 Å². The number of aromatic nitrogens is 1. The smallest absolute Gasteiger partial charge is 0.408 e. The van der Waals surface area contributed by atoms with Gasteiger partial charge < -0.3 is 4.42 Å². The van der Waals surface area contributed by atoms with Gasteiger partial charge in [0.15, 0.2) is 11.4 Å². The Morgan fingerprint density at radius 3 is 2.62 bits per heavy atom. The Morgan fingerprint density at radius 2 is 2.06 bits per heavy atom. The molecule has 0 N–H and O–H groups in total. The van der Waals surface area contributed by atoms with Crippen LogP contribution in [0, 0.1) is 0 Å². The molecular weight excluding hydrogens is 206 g/mol. The zero-order chi connectivity index (χ0) is 11.9. The first-order valence-corrected chi connectivity index (χ1v) is 5.16. The summed E-state index contributed by atoms with van der Waals surface area (Å²) in [5.74, 6) is -0.424. The molecule has 0 aliphatic rings. The zero-order valence-corrected chi connectivity index (χ0v) is 9.48. The summed E-state index contributed by atoms with van der Waals surface area (Å²) in [5, 5.41) is 0. The molecule has 1 aromatic carbocycles. The number of carbonyl (C=O) groups excluding carboxylic acids is 1. The van der Waals surface area contributed by atoms with Crippen molar-refractivity contribution in [2.75, 3.05) is 0 Å². The molecule has 4 nitrogen and oxygen atoms in total. The van der Waals surface area contributed by atoms with Crippen LogP contribution in [0.3, 0.4) is 0 Å². The summed E-state index contributed by atoms with van der Waals surface area (Å²) >= 11 is 0. The highest BCUT2D eigenvalue weighted by atomic mass is 16.4. The first-order chi connectivity index (χ1) is 7.50. The number of carbonyl (C=O) groups is 1. The Kier molecular flexibility index (Phi) is 2.42. The standard InChI is InChI=1S/C12H13NO3/c1-7(2)13-10-5-4-9(8(3)14)6-11(10)16-12(13)15/h4-7H,1-3H3. The van der Waals surface area contributed by atoms with Gasteiger partial charge >= 0.3 is 5.76 Å². The van der Waals surface area contributed by atoms with Gasteiger partial charge in [-0.05, 0) is 39.0 Å². The van der Waals surface area contributed by atoms with Gasteiger partial charge in [-0.15, -0.1) is 0 Å². The van der Waals surface area contributed by atoms with Gasteiger partial charge in [-0.2, -0.15) is 0 Å². The second kappa shape index (κ2) is 3.63. The quantitative estimate of drug-likeness (QED) is 0.728. The Labute approximate surface area is 92.5 Å². The highest BCUT2D eigenvalue weighted by molar-refractivity contribution is 5.96. The third kappa shape index (κ3) is 1.56. The lowest BCUT2D eigenvalue weighted by Gasteiger charge is -2.04. The van der Waals surface area contributed by atoms with E-state index in [-0.39, 0.29) is 17.6 Å². The molecule has 0 saturated carbocycles. The van der Waals surface area contributed by atoms with Crippen molar-refractivity contribution in [3.05, 3.63) is 34.3 Å². The normalized spacial score (nSPS) is 11.2. The number of oxazole rings is 1. The lowest BCUT2D eigenvalue weighted by atomic mass is 10.1. The Hall–Kier alpha value is -1.84. The average Bonchev–Trinajstić information content (AvgIpc) is 2.51. The maximum Gasteiger partial charge on any atom is 0.420 e. The second-order valence-electron chi connectivity index (χ2n) is 4.07. The van der Waals surface area contributed by atoms with E-state index in [1.165, 1.54) is 6.92 Å². The van der Waals surface area contributed by atoms with Gasteiger partial charge in [0.1, 0.15) is 0 Å². The van der Waals surface area contributed by atoms with Crippen molar-refractivity contribution in [3.8, 4) is 0 Å². The van der Waals surface area contributed by atoms with E-state index < -0.39 is 0 Å². The van der Waals surface area contributed by atoms with Crippen LogP contribution in [0.15, 0.2) is 27.4 Å². The first-order valence-electron chi connectivity index (χ1n) is 5.16. The maximum atomic E-state index is 11.6. The fraction of sp³-hybridized carbons (Fsp3) is 0.333. The Balaban J connectivity index is 2.75. The number of ketones is 1. The number of rotatable bonds is 2. The van der Waals surface area contributed by atoms with Crippen LogP contribution < -0.4 is 5.76 Å². The summed E-state index contributed by atoms with van der Waals surface area (Å²) in [6.45, 7) is 5.31. The average molecular weight is 219 g/mol. The molecule has 0 amide bonds. The number of nitrogens with zero attached hydrogens (tertiary/aromatic N) is 1. The van der Waals surface area contributed by atoms with Crippen molar-refractivity contribution in [1.82, 2.24) is 4.57 Å². The van der Waals surface area contributed by atoms with Gasteiger partial charge in [-0.1, -0.05) is 0 Å². The predicted molar refractivity (Wildman–Crippen MR) is 60.9 cm³/mol. The number of fused-ring (bicyclic) bond motifs is 1. The SMILES string of the molecule is CC(=O)c1ccc2c(c1)oc(=O)n2C(C)C. The van der Waals surface area contributed by atoms with Crippen LogP contribution >= 0.6 is 0 Å². The number of hydrogen-bond acceptors (Lipinski definition) is 3.